The van der Waals surface area contributed by atoms with Crippen LogP contribution < -0.4 is 10.2 Å². The molecule has 2 heterocycles. The number of rotatable bonds is 8. The number of hydrogen-bond acceptors (Lipinski definition) is 6. The number of thiazole rings is 1. The Bertz CT molecular complexity index is 1190. The van der Waals surface area contributed by atoms with Crippen LogP contribution in [0.5, 0.6) is 0 Å². The highest BCUT2D eigenvalue weighted by Crippen LogP contribution is 2.35. The van der Waals surface area contributed by atoms with Crippen LogP contribution in [-0.4, -0.2) is 55.0 Å². The SMILES string of the molecule is CN(C)CCN(C)c1cc(-c2ccncc2)cc2sc(C(=O)NCc3ccccc3)nc12. The van der Waals surface area contributed by atoms with Crippen LogP contribution in [0.1, 0.15) is 15.4 Å². The quantitative estimate of drug-likeness (QED) is 0.439. The van der Waals surface area contributed by atoms with Crippen LogP contribution >= 0.6 is 11.3 Å². The molecule has 0 aliphatic heterocycles. The molecule has 164 valence electrons. The number of hydrogen-bond donors (Lipinski definition) is 1. The molecule has 2 aromatic carbocycles. The number of amides is 1. The lowest BCUT2D eigenvalue weighted by atomic mass is 10.1. The summed E-state index contributed by atoms with van der Waals surface area (Å²) < 4.78 is 0.996. The van der Waals surface area contributed by atoms with Crippen LogP contribution in [-0.2, 0) is 6.54 Å². The van der Waals surface area contributed by atoms with Gasteiger partial charge in [-0.25, -0.2) is 4.98 Å². The summed E-state index contributed by atoms with van der Waals surface area (Å²) >= 11 is 1.43. The number of aromatic nitrogens is 2. The van der Waals surface area contributed by atoms with Crippen LogP contribution in [0.25, 0.3) is 21.3 Å². The smallest absolute Gasteiger partial charge is 0.280 e. The summed E-state index contributed by atoms with van der Waals surface area (Å²) in [6, 6.07) is 18.2. The summed E-state index contributed by atoms with van der Waals surface area (Å²) in [5.74, 6) is -0.151. The maximum absolute atomic E-state index is 12.8. The van der Waals surface area contributed by atoms with Gasteiger partial charge in [-0.1, -0.05) is 30.3 Å². The van der Waals surface area contributed by atoms with Crippen LogP contribution in [0.4, 0.5) is 5.69 Å². The molecule has 0 saturated carbocycles. The fourth-order valence-electron chi connectivity index (χ4n) is 3.44. The molecule has 0 aliphatic carbocycles. The predicted molar refractivity (Wildman–Crippen MR) is 132 cm³/mol. The van der Waals surface area contributed by atoms with Gasteiger partial charge in [0, 0.05) is 39.1 Å². The first kappa shape index (κ1) is 21.9. The number of carbonyl (C=O) groups is 1. The van der Waals surface area contributed by atoms with Gasteiger partial charge >= 0.3 is 0 Å². The highest BCUT2D eigenvalue weighted by molar-refractivity contribution is 7.20. The van der Waals surface area contributed by atoms with Crippen molar-refractivity contribution in [3.63, 3.8) is 0 Å². The number of pyridine rings is 1. The minimum Gasteiger partial charge on any atom is -0.372 e. The maximum atomic E-state index is 12.8. The van der Waals surface area contributed by atoms with E-state index in [-0.39, 0.29) is 5.91 Å². The van der Waals surface area contributed by atoms with Crippen molar-refractivity contribution in [2.45, 2.75) is 6.54 Å². The Kier molecular flexibility index (Phi) is 6.78. The van der Waals surface area contributed by atoms with Gasteiger partial charge in [0.25, 0.3) is 5.91 Å². The van der Waals surface area contributed by atoms with Crippen molar-refractivity contribution in [3.8, 4) is 11.1 Å². The molecule has 2 aromatic heterocycles. The van der Waals surface area contributed by atoms with Gasteiger partial charge in [-0.05, 0) is 55.1 Å². The zero-order valence-electron chi connectivity index (χ0n) is 18.6. The average Bonchev–Trinajstić information content (AvgIpc) is 3.26. The third kappa shape index (κ3) is 5.12. The van der Waals surface area contributed by atoms with Crippen LogP contribution in [0, 0.1) is 0 Å². The topological polar surface area (TPSA) is 61.4 Å². The second kappa shape index (κ2) is 9.89. The molecular weight excluding hydrogens is 418 g/mol. The highest BCUT2D eigenvalue weighted by Gasteiger charge is 2.18. The molecule has 4 rings (SSSR count). The first-order chi connectivity index (χ1) is 15.5. The summed E-state index contributed by atoms with van der Waals surface area (Å²) in [6.45, 7) is 2.26. The van der Waals surface area contributed by atoms with Gasteiger partial charge in [0.05, 0.1) is 10.4 Å². The second-order valence-electron chi connectivity index (χ2n) is 7.99. The van der Waals surface area contributed by atoms with Crippen molar-refractivity contribution in [2.75, 3.05) is 39.1 Å². The Morgan fingerprint density at radius 2 is 1.72 bits per heavy atom. The molecular formula is C25H27N5OS. The Labute approximate surface area is 192 Å². The van der Waals surface area contributed by atoms with E-state index in [1.54, 1.807) is 12.4 Å². The monoisotopic (exact) mass is 445 g/mol. The Balaban J connectivity index is 1.67. The second-order valence-corrected chi connectivity index (χ2v) is 9.02. The van der Waals surface area contributed by atoms with Gasteiger partial charge in [-0.3, -0.25) is 9.78 Å². The summed E-state index contributed by atoms with van der Waals surface area (Å²) in [7, 11) is 6.20. The van der Waals surface area contributed by atoms with E-state index in [1.165, 1.54) is 11.3 Å². The van der Waals surface area contributed by atoms with E-state index in [0.29, 0.717) is 11.6 Å². The maximum Gasteiger partial charge on any atom is 0.280 e. The van der Waals surface area contributed by atoms with Crippen molar-refractivity contribution in [3.05, 3.63) is 77.6 Å². The summed E-state index contributed by atoms with van der Waals surface area (Å²) in [5.41, 5.74) is 5.12. The van der Waals surface area contributed by atoms with E-state index < -0.39 is 0 Å². The normalized spacial score (nSPS) is 11.1. The average molecular weight is 446 g/mol. The lowest BCUT2D eigenvalue weighted by molar-refractivity contribution is 0.0950. The fourth-order valence-corrected chi connectivity index (χ4v) is 4.38. The van der Waals surface area contributed by atoms with Crippen LogP contribution in [0.2, 0.25) is 0 Å². The van der Waals surface area contributed by atoms with Crippen LogP contribution in [0.3, 0.4) is 0 Å². The molecule has 1 N–H and O–H groups in total. The number of carbonyl (C=O) groups excluding carboxylic acids is 1. The molecule has 7 heteroatoms. The standard InChI is InChI=1S/C25H27N5OS/c1-29(2)13-14-30(3)21-15-20(19-9-11-26-12-10-19)16-22-23(21)28-25(32-22)24(31)27-17-18-7-5-4-6-8-18/h4-12,15-16H,13-14,17H2,1-3H3,(H,27,31). The molecule has 0 aliphatic rings. The molecule has 6 nitrogen and oxygen atoms in total. The molecule has 0 atom stereocenters. The largest absolute Gasteiger partial charge is 0.372 e. The molecule has 32 heavy (non-hydrogen) atoms. The number of nitrogens with zero attached hydrogens (tertiary/aromatic N) is 4. The van der Waals surface area contributed by atoms with Gasteiger partial charge in [-0.2, -0.15) is 0 Å². The zero-order valence-corrected chi connectivity index (χ0v) is 19.4. The zero-order chi connectivity index (χ0) is 22.5. The molecule has 0 spiro atoms. The minimum absolute atomic E-state index is 0.151. The third-order valence-electron chi connectivity index (χ3n) is 5.27. The van der Waals surface area contributed by atoms with Crippen molar-refractivity contribution in [2.24, 2.45) is 0 Å². The van der Waals surface area contributed by atoms with E-state index in [2.05, 4.69) is 53.4 Å². The van der Waals surface area contributed by atoms with Gasteiger partial charge in [0.1, 0.15) is 5.52 Å². The van der Waals surface area contributed by atoms with E-state index in [1.807, 2.05) is 42.5 Å². The van der Waals surface area contributed by atoms with Crippen molar-refractivity contribution in [1.82, 2.24) is 20.2 Å². The fraction of sp³-hybridized carbons (Fsp3) is 0.240. The number of nitrogens with one attached hydrogen (secondary N) is 1. The molecule has 0 radical (unpaired) electrons. The van der Waals surface area contributed by atoms with Crippen molar-refractivity contribution in [1.29, 1.82) is 0 Å². The molecule has 1 amide bonds. The predicted octanol–water partition coefficient (Wildman–Crippen LogP) is 4.29. The summed E-state index contributed by atoms with van der Waals surface area (Å²) in [4.78, 5) is 26.1. The number of likely N-dealkylation sites (N-methyl/N-ethyl adjacent to an activating group) is 2. The molecule has 0 bridgehead atoms. The van der Waals surface area contributed by atoms with Gasteiger partial charge in [-0.15, -0.1) is 11.3 Å². The molecule has 0 unspecified atom stereocenters. The first-order valence-corrected chi connectivity index (χ1v) is 11.4. The van der Waals surface area contributed by atoms with E-state index in [4.69, 9.17) is 4.98 Å². The molecule has 4 aromatic rings. The lowest BCUT2D eigenvalue weighted by Crippen LogP contribution is -2.28. The van der Waals surface area contributed by atoms with E-state index >= 15 is 0 Å². The minimum atomic E-state index is -0.151. The number of anilines is 1. The number of benzene rings is 2. The van der Waals surface area contributed by atoms with E-state index in [0.717, 1.165) is 45.7 Å². The van der Waals surface area contributed by atoms with Crippen molar-refractivity contribution >= 4 is 33.1 Å². The van der Waals surface area contributed by atoms with Gasteiger partial charge in [0.15, 0.2) is 5.01 Å². The molecule has 0 fully saturated rings. The van der Waals surface area contributed by atoms with Crippen molar-refractivity contribution < 1.29 is 4.79 Å². The highest BCUT2D eigenvalue weighted by atomic mass is 32.1. The summed E-state index contributed by atoms with van der Waals surface area (Å²) in [6.07, 6.45) is 3.59. The summed E-state index contributed by atoms with van der Waals surface area (Å²) in [5, 5.41) is 3.47. The Hall–Kier alpha value is -3.29. The van der Waals surface area contributed by atoms with Gasteiger partial charge < -0.3 is 15.1 Å². The first-order valence-electron chi connectivity index (χ1n) is 10.5. The third-order valence-corrected chi connectivity index (χ3v) is 6.27. The van der Waals surface area contributed by atoms with E-state index in [9.17, 15) is 4.79 Å². The van der Waals surface area contributed by atoms with Gasteiger partial charge in [0.2, 0.25) is 0 Å². The molecule has 0 saturated heterocycles. The lowest BCUT2D eigenvalue weighted by Gasteiger charge is -2.22. The Morgan fingerprint density at radius 3 is 2.44 bits per heavy atom. The van der Waals surface area contributed by atoms with Crippen LogP contribution in [0.15, 0.2) is 67.0 Å². The number of fused-ring (bicyclic) bond motifs is 1. The Morgan fingerprint density at radius 1 is 0.969 bits per heavy atom.